The fourth-order valence-electron chi connectivity index (χ4n) is 3.42. The number of rotatable bonds is 4. The summed E-state index contributed by atoms with van der Waals surface area (Å²) >= 11 is 0. The van der Waals surface area contributed by atoms with Gasteiger partial charge < -0.3 is 21.3 Å². The average molecular weight is 310 g/mol. The Hall–Kier alpha value is -1.30. The molecule has 4 N–H and O–H groups in total. The summed E-state index contributed by atoms with van der Waals surface area (Å²) in [6, 6.07) is 0.153. The second-order valence-electron chi connectivity index (χ2n) is 6.76. The van der Waals surface area contributed by atoms with Crippen LogP contribution in [0.5, 0.6) is 0 Å². The second-order valence-corrected chi connectivity index (χ2v) is 6.76. The van der Waals surface area contributed by atoms with Gasteiger partial charge in [0, 0.05) is 25.2 Å². The van der Waals surface area contributed by atoms with Crippen LogP contribution in [-0.2, 0) is 4.79 Å². The summed E-state index contributed by atoms with van der Waals surface area (Å²) in [4.78, 5) is 25.9. The molecule has 0 aromatic rings. The second kappa shape index (κ2) is 8.36. The Labute approximate surface area is 133 Å². The smallest absolute Gasteiger partial charge is 0.315 e. The van der Waals surface area contributed by atoms with Crippen LogP contribution in [0.3, 0.4) is 0 Å². The number of nitrogens with two attached hydrogens (primary N) is 1. The van der Waals surface area contributed by atoms with Crippen molar-refractivity contribution in [3.8, 4) is 0 Å². The normalized spacial score (nSPS) is 24.6. The lowest BCUT2D eigenvalue weighted by Gasteiger charge is -2.34. The molecule has 0 aromatic heterocycles. The maximum atomic E-state index is 12.2. The molecule has 2 aliphatic rings. The molecule has 1 aliphatic heterocycles. The quantitative estimate of drug-likeness (QED) is 0.729. The monoisotopic (exact) mass is 310 g/mol. The number of urea groups is 1. The number of carbonyl (C=O) groups excluding carboxylic acids is 2. The van der Waals surface area contributed by atoms with Crippen LogP contribution in [-0.4, -0.2) is 48.6 Å². The summed E-state index contributed by atoms with van der Waals surface area (Å²) in [5.41, 5.74) is 5.94. The fourth-order valence-corrected chi connectivity index (χ4v) is 3.42. The minimum absolute atomic E-state index is 0.0101. The highest BCUT2D eigenvalue weighted by Gasteiger charge is 2.26. The van der Waals surface area contributed by atoms with Crippen molar-refractivity contribution in [1.29, 1.82) is 0 Å². The van der Waals surface area contributed by atoms with Crippen LogP contribution in [0.25, 0.3) is 0 Å². The van der Waals surface area contributed by atoms with E-state index in [1.54, 1.807) is 0 Å². The van der Waals surface area contributed by atoms with Crippen molar-refractivity contribution >= 4 is 11.9 Å². The largest absolute Gasteiger partial charge is 0.341 e. The Morgan fingerprint density at radius 1 is 1.18 bits per heavy atom. The highest BCUT2D eigenvalue weighted by molar-refractivity contribution is 5.84. The van der Waals surface area contributed by atoms with Gasteiger partial charge in [-0.25, -0.2) is 4.79 Å². The van der Waals surface area contributed by atoms with Crippen LogP contribution in [0.4, 0.5) is 4.79 Å². The summed E-state index contributed by atoms with van der Waals surface area (Å²) in [6.07, 6.45) is 7.77. The maximum absolute atomic E-state index is 12.2. The van der Waals surface area contributed by atoms with Crippen LogP contribution in [0, 0.1) is 5.92 Å². The van der Waals surface area contributed by atoms with Gasteiger partial charge in [0.05, 0.1) is 6.54 Å². The molecule has 0 bridgehead atoms. The van der Waals surface area contributed by atoms with E-state index in [4.69, 9.17) is 5.73 Å². The molecule has 22 heavy (non-hydrogen) atoms. The third-order valence-corrected chi connectivity index (χ3v) is 4.89. The molecule has 0 spiro atoms. The molecule has 0 aromatic carbocycles. The molecular weight excluding hydrogens is 280 g/mol. The molecule has 2 atom stereocenters. The van der Waals surface area contributed by atoms with Crippen molar-refractivity contribution in [3.63, 3.8) is 0 Å². The molecule has 1 saturated heterocycles. The van der Waals surface area contributed by atoms with Gasteiger partial charge in [0.1, 0.15) is 0 Å². The summed E-state index contributed by atoms with van der Waals surface area (Å²) in [5, 5.41) is 5.66. The third kappa shape index (κ3) is 5.16. The SMILES string of the molecule is C[C@@H](N)[C@@H]1CCCN(C(=O)CNC(=O)NC2CCCCC2)C1. The van der Waals surface area contributed by atoms with E-state index in [1.807, 2.05) is 11.8 Å². The standard InChI is InChI=1S/C16H30N4O2/c1-12(17)13-6-5-9-20(11-13)15(21)10-18-16(22)19-14-7-3-2-4-8-14/h12-14H,2-11,17H2,1H3,(H2,18,19,22)/t12-,13-/m1/s1. The van der Waals surface area contributed by atoms with Gasteiger partial charge in [-0.05, 0) is 38.5 Å². The van der Waals surface area contributed by atoms with Gasteiger partial charge in [0.25, 0.3) is 0 Å². The molecule has 1 heterocycles. The molecule has 2 rings (SSSR count). The highest BCUT2D eigenvalue weighted by Crippen LogP contribution is 2.19. The number of hydrogen-bond donors (Lipinski definition) is 3. The van der Waals surface area contributed by atoms with Crippen molar-refractivity contribution in [2.45, 2.75) is 64.0 Å². The van der Waals surface area contributed by atoms with E-state index in [2.05, 4.69) is 10.6 Å². The molecule has 1 saturated carbocycles. The first-order chi connectivity index (χ1) is 10.6. The molecule has 1 aliphatic carbocycles. The summed E-state index contributed by atoms with van der Waals surface area (Å²) in [5.74, 6) is 0.359. The zero-order valence-corrected chi connectivity index (χ0v) is 13.6. The molecule has 6 heteroatoms. The maximum Gasteiger partial charge on any atom is 0.315 e. The number of hydrogen-bond acceptors (Lipinski definition) is 3. The van der Waals surface area contributed by atoms with Crippen molar-refractivity contribution < 1.29 is 9.59 Å². The number of nitrogens with one attached hydrogen (secondary N) is 2. The molecule has 126 valence electrons. The number of carbonyl (C=O) groups is 2. The van der Waals surface area contributed by atoms with E-state index in [0.717, 1.165) is 32.2 Å². The number of piperidine rings is 1. The van der Waals surface area contributed by atoms with Gasteiger partial charge >= 0.3 is 6.03 Å². The zero-order valence-electron chi connectivity index (χ0n) is 13.6. The average Bonchev–Trinajstić information content (AvgIpc) is 2.53. The minimum Gasteiger partial charge on any atom is -0.341 e. The molecule has 0 unspecified atom stereocenters. The molecule has 3 amide bonds. The number of nitrogens with zero attached hydrogens (tertiary/aromatic N) is 1. The van der Waals surface area contributed by atoms with Gasteiger partial charge in [-0.3, -0.25) is 4.79 Å². The number of likely N-dealkylation sites (tertiary alicyclic amines) is 1. The Bertz CT molecular complexity index is 380. The van der Waals surface area contributed by atoms with E-state index in [-0.39, 0.29) is 30.6 Å². The summed E-state index contributed by atoms with van der Waals surface area (Å²) in [7, 11) is 0. The Morgan fingerprint density at radius 2 is 1.91 bits per heavy atom. The van der Waals surface area contributed by atoms with Crippen molar-refractivity contribution in [2.24, 2.45) is 11.7 Å². The number of amides is 3. The third-order valence-electron chi connectivity index (χ3n) is 4.89. The van der Waals surface area contributed by atoms with E-state index in [0.29, 0.717) is 12.5 Å². The van der Waals surface area contributed by atoms with Gasteiger partial charge in [0.2, 0.25) is 5.91 Å². The van der Waals surface area contributed by atoms with Crippen molar-refractivity contribution in [1.82, 2.24) is 15.5 Å². The lowest BCUT2D eigenvalue weighted by atomic mass is 9.92. The van der Waals surface area contributed by atoms with Crippen LogP contribution in [0.2, 0.25) is 0 Å². The van der Waals surface area contributed by atoms with E-state index in [9.17, 15) is 9.59 Å². The van der Waals surface area contributed by atoms with Crippen molar-refractivity contribution in [2.75, 3.05) is 19.6 Å². The Morgan fingerprint density at radius 3 is 2.59 bits per heavy atom. The van der Waals surface area contributed by atoms with Crippen LogP contribution in [0.15, 0.2) is 0 Å². The Kier molecular flexibility index (Phi) is 6.49. The van der Waals surface area contributed by atoms with E-state index >= 15 is 0 Å². The molecule has 0 radical (unpaired) electrons. The van der Waals surface area contributed by atoms with Crippen LogP contribution < -0.4 is 16.4 Å². The predicted octanol–water partition coefficient (Wildman–Crippen LogP) is 1.20. The topological polar surface area (TPSA) is 87.5 Å². The fraction of sp³-hybridized carbons (Fsp3) is 0.875. The lowest BCUT2D eigenvalue weighted by molar-refractivity contribution is -0.132. The first-order valence-electron chi connectivity index (χ1n) is 8.64. The highest BCUT2D eigenvalue weighted by atomic mass is 16.2. The van der Waals surface area contributed by atoms with Gasteiger partial charge in [-0.15, -0.1) is 0 Å². The van der Waals surface area contributed by atoms with Crippen LogP contribution >= 0.6 is 0 Å². The zero-order chi connectivity index (χ0) is 15.9. The van der Waals surface area contributed by atoms with E-state index < -0.39 is 0 Å². The minimum atomic E-state index is -0.221. The van der Waals surface area contributed by atoms with Crippen molar-refractivity contribution in [3.05, 3.63) is 0 Å². The first kappa shape index (κ1) is 17.1. The molecular formula is C16H30N4O2. The van der Waals surface area contributed by atoms with Gasteiger partial charge in [-0.2, -0.15) is 0 Å². The molecule has 6 nitrogen and oxygen atoms in total. The van der Waals surface area contributed by atoms with Gasteiger partial charge in [0.15, 0.2) is 0 Å². The van der Waals surface area contributed by atoms with Crippen LogP contribution in [0.1, 0.15) is 51.9 Å². The lowest BCUT2D eigenvalue weighted by Crippen LogP contribution is -2.50. The van der Waals surface area contributed by atoms with Gasteiger partial charge in [-0.1, -0.05) is 19.3 Å². The summed E-state index contributed by atoms with van der Waals surface area (Å²) in [6.45, 7) is 3.55. The Balaban J connectivity index is 1.69. The van der Waals surface area contributed by atoms with E-state index in [1.165, 1.54) is 19.3 Å². The molecule has 2 fully saturated rings. The summed E-state index contributed by atoms with van der Waals surface area (Å²) < 4.78 is 0. The first-order valence-corrected chi connectivity index (χ1v) is 8.64. The predicted molar refractivity (Wildman–Crippen MR) is 86.4 cm³/mol.